The largest absolute Gasteiger partial charge is 0.384 e. The number of hydrogen-bond donors (Lipinski definition) is 1. The zero-order valence-corrected chi connectivity index (χ0v) is 14.6. The summed E-state index contributed by atoms with van der Waals surface area (Å²) in [6, 6.07) is 30.9. The molecule has 4 aromatic carbocycles. The van der Waals surface area contributed by atoms with Gasteiger partial charge >= 0.3 is 0 Å². The van der Waals surface area contributed by atoms with Gasteiger partial charge in [-0.2, -0.15) is 0 Å². The molecular weight excluding hydrogens is 330 g/mol. The lowest BCUT2D eigenvalue weighted by Crippen LogP contribution is -1.98. The van der Waals surface area contributed by atoms with Crippen LogP contribution < -0.4 is 5.73 Å². The number of nitrogens with zero attached hydrogens (tertiary/aromatic N) is 2. The smallest absolute Gasteiger partial charge is 0.162 e. The molecule has 128 valence electrons. The highest BCUT2D eigenvalue weighted by atomic mass is 14.9. The van der Waals surface area contributed by atoms with Crippen LogP contribution in [0.15, 0.2) is 91.0 Å². The van der Waals surface area contributed by atoms with E-state index < -0.39 is 0 Å². The molecule has 5 rings (SSSR count). The van der Waals surface area contributed by atoms with E-state index in [-0.39, 0.29) is 0 Å². The molecule has 0 saturated heterocycles. The first-order valence-corrected chi connectivity index (χ1v) is 8.90. The third-order valence-corrected chi connectivity index (χ3v) is 4.82. The second-order valence-electron chi connectivity index (χ2n) is 6.59. The number of benzene rings is 4. The Bertz CT molecular complexity index is 1290. The highest BCUT2D eigenvalue weighted by Crippen LogP contribution is 2.30. The minimum absolute atomic E-state index is 0.469. The second-order valence-corrected chi connectivity index (χ2v) is 6.59. The van der Waals surface area contributed by atoms with Gasteiger partial charge < -0.3 is 5.73 Å². The molecule has 0 fully saturated rings. The van der Waals surface area contributed by atoms with Crippen molar-refractivity contribution in [1.82, 2.24) is 9.97 Å². The van der Waals surface area contributed by atoms with Gasteiger partial charge in [0, 0.05) is 17.2 Å². The van der Waals surface area contributed by atoms with Crippen molar-refractivity contribution in [2.75, 3.05) is 5.73 Å². The van der Waals surface area contributed by atoms with Crippen LogP contribution in [0, 0.1) is 0 Å². The van der Waals surface area contributed by atoms with Gasteiger partial charge in [-0.1, -0.05) is 78.9 Å². The molecule has 0 spiro atoms. The quantitative estimate of drug-likeness (QED) is 0.446. The molecule has 1 aromatic heterocycles. The summed E-state index contributed by atoms with van der Waals surface area (Å²) in [6.07, 6.45) is 0. The van der Waals surface area contributed by atoms with Crippen LogP contribution in [0.5, 0.6) is 0 Å². The van der Waals surface area contributed by atoms with Gasteiger partial charge in [-0.25, -0.2) is 9.97 Å². The first-order chi connectivity index (χ1) is 13.3. The third kappa shape index (κ3) is 2.79. The molecule has 2 N–H and O–H groups in total. The van der Waals surface area contributed by atoms with Gasteiger partial charge in [0.15, 0.2) is 5.82 Å². The van der Waals surface area contributed by atoms with E-state index in [1.807, 2.05) is 42.5 Å². The van der Waals surface area contributed by atoms with E-state index in [2.05, 4.69) is 53.5 Å². The molecule has 0 bridgehead atoms. The highest BCUT2D eigenvalue weighted by molar-refractivity contribution is 5.95. The average Bonchev–Trinajstić information content (AvgIpc) is 2.72. The Morgan fingerprint density at radius 2 is 1.33 bits per heavy atom. The zero-order valence-electron chi connectivity index (χ0n) is 14.6. The molecule has 27 heavy (non-hydrogen) atoms. The average molecular weight is 347 g/mol. The normalized spacial score (nSPS) is 11.1. The van der Waals surface area contributed by atoms with Crippen molar-refractivity contribution in [3.05, 3.63) is 91.0 Å². The van der Waals surface area contributed by atoms with Gasteiger partial charge in [0.25, 0.3) is 0 Å². The Balaban J connectivity index is 1.70. The molecule has 0 radical (unpaired) electrons. The molecule has 0 saturated carbocycles. The standard InChI is InChI=1S/C24H17N3/c25-23-15-22(19-13-12-16-6-1-2-8-18(16)14-19)26-24(27-23)21-11-5-9-17-7-3-4-10-20(17)21/h1-15H,(H2,25,26,27). The lowest BCUT2D eigenvalue weighted by atomic mass is 10.0. The van der Waals surface area contributed by atoms with Gasteiger partial charge in [-0.15, -0.1) is 0 Å². The summed E-state index contributed by atoms with van der Waals surface area (Å²) in [5.41, 5.74) is 8.99. The first kappa shape index (κ1) is 15.5. The number of rotatable bonds is 2. The summed E-state index contributed by atoms with van der Waals surface area (Å²) < 4.78 is 0. The van der Waals surface area contributed by atoms with Gasteiger partial charge in [0.05, 0.1) is 5.69 Å². The summed E-state index contributed by atoms with van der Waals surface area (Å²) >= 11 is 0. The van der Waals surface area contributed by atoms with Crippen molar-refractivity contribution >= 4 is 27.4 Å². The van der Waals surface area contributed by atoms with E-state index in [9.17, 15) is 0 Å². The van der Waals surface area contributed by atoms with Crippen LogP contribution in [0.25, 0.3) is 44.2 Å². The molecule has 0 unspecified atom stereocenters. The molecule has 0 atom stereocenters. The molecular formula is C24H17N3. The monoisotopic (exact) mass is 347 g/mol. The number of fused-ring (bicyclic) bond motifs is 2. The summed E-state index contributed by atoms with van der Waals surface area (Å²) in [6.45, 7) is 0. The Labute approximate surface area is 157 Å². The number of anilines is 1. The molecule has 0 aliphatic carbocycles. The van der Waals surface area contributed by atoms with Gasteiger partial charge in [0.2, 0.25) is 0 Å². The van der Waals surface area contributed by atoms with Crippen LogP contribution in [-0.4, -0.2) is 9.97 Å². The Morgan fingerprint density at radius 3 is 2.22 bits per heavy atom. The minimum atomic E-state index is 0.469. The van der Waals surface area contributed by atoms with E-state index in [1.165, 1.54) is 10.8 Å². The summed E-state index contributed by atoms with van der Waals surface area (Å²) in [5, 5.41) is 4.67. The van der Waals surface area contributed by atoms with Gasteiger partial charge in [-0.3, -0.25) is 0 Å². The van der Waals surface area contributed by atoms with Gasteiger partial charge in [-0.05, 0) is 27.6 Å². The van der Waals surface area contributed by atoms with Crippen LogP contribution in [0.4, 0.5) is 5.82 Å². The van der Waals surface area contributed by atoms with Crippen LogP contribution in [0.3, 0.4) is 0 Å². The Morgan fingerprint density at radius 1 is 0.593 bits per heavy atom. The number of nitrogens with two attached hydrogens (primary N) is 1. The summed E-state index contributed by atoms with van der Waals surface area (Å²) in [7, 11) is 0. The van der Waals surface area contributed by atoms with Crippen molar-refractivity contribution in [3.8, 4) is 22.6 Å². The first-order valence-electron chi connectivity index (χ1n) is 8.90. The number of aromatic nitrogens is 2. The fraction of sp³-hybridized carbons (Fsp3) is 0. The van der Waals surface area contributed by atoms with E-state index in [0.717, 1.165) is 27.6 Å². The maximum absolute atomic E-state index is 6.14. The fourth-order valence-corrected chi connectivity index (χ4v) is 3.50. The van der Waals surface area contributed by atoms with Crippen LogP contribution >= 0.6 is 0 Å². The Hall–Kier alpha value is -3.72. The molecule has 5 aromatic rings. The summed E-state index contributed by atoms with van der Waals surface area (Å²) in [4.78, 5) is 9.35. The van der Waals surface area contributed by atoms with E-state index in [4.69, 9.17) is 10.7 Å². The predicted octanol–water partition coefficient (Wildman–Crippen LogP) is 5.70. The molecule has 0 amide bonds. The number of hydrogen-bond acceptors (Lipinski definition) is 3. The topological polar surface area (TPSA) is 51.8 Å². The number of nitrogen functional groups attached to an aromatic ring is 1. The molecule has 1 heterocycles. The lowest BCUT2D eigenvalue weighted by Gasteiger charge is -2.09. The van der Waals surface area contributed by atoms with Crippen molar-refractivity contribution in [3.63, 3.8) is 0 Å². The minimum Gasteiger partial charge on any atom is -0.384 e. The second kappa shape index (κ2) is 6.22. The summed E-state index contributed by atoms with van der Waals surface area (Å²) in [5.74, 6) is 1.12. The van der Waals surface area contributed by atoms with Crippen molar-refractivity contribution in [2.45, 2.75) is 0 Å². The lowest BCUT2D eigenvalue weighted by molar-refractivity contribution is 1.19. The third-order valence-electron chi connectivity index (χ3n) is 4.82. The van der Waals surface area contributed by atoms with E-state index in [1.54, 1.807) is 0 Å². The van der Waals surface area contributed by atoms with Crippen LogP contribution in [0.1, 0.15) is 0 Å². The molecule has 3 nitrogen and oxygen atoms in total. The predicted molar refractivity (Wildman–Crippen MR) is 112 cm³/mol. The molecule has 0 aliphatic heterocycles. The van der Waals surface area contributed by atoms with Crippen LogP contribution in [-0.2, 0) is 0 Å². The molecule has 0 aliphatic rings. The van der Waals surface area contributed by atoms with Crippen molar-refractivity contribution in [1.29, 1.82) is 0 Å². The fourth-order valence-electron chi connectivity index (χ4n) is 3.50. The van der Waals surface area contributed by atoms with Crippen LogP contribution in [0.2, 0.25) is 0 Å². The van der Waals surface area contributed by atoms with E-state index in [0.29, 0.717) is 11.6 Å². The Kier molecular flexibility index (Phi) is 3.58. The maximum atomic E-state index is 6.14. The maximum Gasteiger partial charge on any atom is 0.162 e. The van der Waals surface area contributed by atoms with Crippen molar-refractivity contribution in [2.24, 2.45) is 0 Å². The highest BCUT2D eigenvalue weighted by Gasteiger charge is 2.10. The van der Waals surface area contributed by atoms with E-state index >= 15 is 0 Å². The van der Waals surface area contributed by atoms with Crippen molar-refractivity contribution < 1.29 is 0 Å². The SMILES string of the molecule is Nc1cc(-c2ccc3ccccc3c2)nc(-c2cccc3ccccc23)n1. The van der Waals surface area contributed by atoms with Gasteiger partial charge in [0.1, 0.15) is 5.82 Å². The molecule has 3 heteroatoms. The zero-order chi connectivity index (χ0) is 18.2.